The van der Waals surface area contributed by atoms with E-state index >= 15 is 0 Å². The van der Waals surface area contributed by atoms with Gasteiger partial charge in [-0.3, -0.25) is 4.79 Å². The van der Waals surface area contributed by atoms with Gasteiger partial charge in [-0.2, -0.15) is 0 Å². The molecule has 0 bridgehead atoms. The fourth-order valence-electron chi connectivity index (χ4n) is 3.33. The van der Waals surface area contributed by atoms with Gasteiger partial charge in [-0.05, 0) is 42.9 Å². The number of carbonyl (C=O) groups excluding carboxylic acids is 1. The van der Waals surface area contributed by atoms with Gasteiger partial charge in [0.25, 0.3) is 0 Å². The molecule has 1 aromatic heterocycles. The molecule has 2 N–H and O–H groups in total. The number of amides is 1. The summed E-state index contributed by atoms with van der Waals surface area (Å²) in [4.78, 5) is 12.3. The van der Waals surface area contributed by atoms with E-state index in [2.05, 4.69) is 53.7 Å². The van der Waals surface area contributed by atoms with Crippen LogP contribution in [0.5, 0.6) is 0 Å². The molecule has 0 saturated heterocycles. The summed E-state index contributed by atoms with van der Waals surface area (Å²) in [5.41, 5.74) is 2.19. The van der Waals surface area contributed by atoms with Crippen LogP contribution in [0.1, 0.15) is 38.7 Å². The Hall–Kier alpha value is -1.60. The first-order valence-corrected chi connectivity index (χ1v) is 10.9. The predicted molar refractivity (Wildman–Crippen MR) is 109 cm³/mol. The molecule has 3 atom stereocenters. The highest BCUT2D eigenvalue weighted by Crippen LogP contribution is 2.30. The van der Waals surface area contributed by atoms with Crippen LogP contribution < -0.4 is 10.6 Å². The van der Waals surface area contributed by atoms with Gasteiger partial charge in [-0.1, -0.05) is 61.9 Å². The Bertz CT molecular complexity index is 749. The highest BCUT2D eigenvalue weighted by atomic mass is 32.2. The Morgan fingerprint density at radius 1 is 1.31 bits per heavy atom. The number of hydrogen-bond acceptors (Lipinski definition) is 6. The van der Waals surface area contributed by atoms with Crippen molar-refractivity contribution in [3.63, 3.8) is 0 Å². The first kappa shape index (κ1) is 19.2. The maximum atomic E-state index is 12.3. The number of nitrogens with zero attached hydrogens (tertiary/aromatic N) is 2. The van der Waals surface area contributed by atoms with E-state index in [0.29, 0.717) is 23.6 Å². The SMILES string of the molecule is Cc1cccc(Nc2nnc(SCC(=O)N[C@@H]3CCC[C@@H](C)[C@H]3C)s2)c1. The van der Waals surface area contributed by atoms with Gasteiger partial charge >= 0.3 is 0 Å². The van der Waals surface area contributed by atoms with Crippen molar-refractivity contribution in [2.24, 2.45) is 11.8 Å². The van der Waals surface area contributed by atoms with Crippen molar-refractivity contribution < 1.29 is 4.79 Å². The van der Waals surface area contributed by atoms with Crippen molar-refractivity contribution in [1.29, 1.82) is 0 Å². The number of aryl methyl sites for hydroxylation is 1. The predicted octanol–water partition coefficient (Wildman–Crippen LogP) is 4.62. The van der Waals surface area contributed by atoms with Gasteiger partial charge in [0.05, 0.1) is 5.75 Å². The molecule has 0 aliphatic heterocycles. The summed E-state index contributed by atoms with van der Waals surface area (Å²) in [6.07, 6.45) is 3.56. The second kappa shape index (κ2) is 8.86. The lowest BCUT2D eigenvalue weighted by Crippen LogP contribution is -2.44. The third-order valence-corrected chi connectivity index (χ3v) is 7.03. The molecule has 140 valence electrons. The second-order valence-corrected chi connectivity index (χ2v) is 9.30. The summed E-state index contributed by atoms with van der Waals surface area (Å²) in [6, 6.07) is 8.43. The van der Waals surface area contributed by atoms with Crippen LogP contribution in [0.4, 0.5) is 10.8 Å². The van der Waals surface area contributed by atoms with Gasteiger partial charge in [-0.15, -0.1) is 10.2 Å². The minimum atomic E-state index is 0.0874. The zero-order chi connectivity index (χ0) is 18.5. The molecule has 1 saturated carbocycles. The second-order valence-electron chi connectivity index (χ2n) is 7.10. The molecule has 0 spiro atoms. The van der Waals surface area contributed by atoms with Gasteiger partial charge in [0.1, 0.15) is 0 Å². The summed E-state index contributed by atoms with van der Waals surface area (Å²) >= 11 is 2.92. The zero-order valence-electron chi connectivity index (χ0n) is 15.5. The molecule has 1 aliphatic rings. The highest BCUT2D eigenvalue weighted by Gasteiger charge is 2.28. The molecular weight excluding hydrogens is 364 g/mol. The lowest BCUT2D eigenvalue weighted by Gasteiger charge is -2.34. The molecule has 5 nitrogen and oxygen atoms in total. The monoisotopic (exact) mass is 390 g/mol. The van der Waals surface area contributed by atoms with E-state index in [9.17, 15) is 4.79 Å². The Morgan fingerprint density at radius 2 is 2.15 bits per heavy atom. The normalized spacial score (nSPS) is 22.8. The molecule has 1 amide bonds. The van der Waals surface area contributed by atoms with E-state index in [1.165, 1.54) is 41.5 Å². The molecule has 26 heavy (non-hydrogen) atoms. The van der Waals surface area contributed by atoms with E-state index in [1.54, 1.807) is 0 Å². The molecule has 1 aromatic carbocycles. The molecule has 1 heterocycles. The summed E-state index contributed by atoms with van der Waals surface area (Å²) < 4.78 is 0.806. The summed E-state index contributed by atoms with van der Waals surface area (Å²) in [6.45, 7) is 6.58. The van der Waals surface area contributed by atoms with Crippen molar-refractivity contribution in [1.82, 2.24) is 15.5 Å². The topological polar surface area (TPSA) is 66.9 Å². The number of benzene rings is 1. The van der Waals surface area contributed by atoms with Crippen molar-refractivity contribution in [2.75, 3.05) is 11.1 Å². The fraction of sp³-hybridized carbons (Fsp3) is 0.526. The number of carbonyl (C=O) groups is 1. The van der Waals surface area contributed by atoms with Gasteiger partial charge in [0, 0.05) is 11.7 Å². The van der Waals surface area contributed by atoms with Gasteiger partial charge < -0.3 is 10.6 Å². The molecule has 0 unspecified atom stereocenters. The van der Waals surface area contributed by atoms with Crippen LogP contribution >= 0.6 is 23.1 Å². The fourth-order valence-corrected chi connectivity index (χ4v) is 4.91. The van der Waals surface area contributed by atoms with Gasteiger partial charge in [0.15, 0.2) is 4.34 Å². The number of thioether (sulfide) groups is 1. The Labute approximate surface area is 163 Å². The third kappa shape index (κ3) is 5.20. The van der Waals surface area contributed by atoms with E-state index in [1.807, 2.05) is 12.1 Å². The molecule has 0 radical (unpaired) electrons. The van der Waals surface area contributed by atoms with Crippen molar-refractivity contribution >= 4 is 39.8 Å². The smallest absolute Gasteiger partial charge is 0.230 e. The van der Waals surface area contributed by atoms with Crippen LogP contribution in [-0.4, -0.2) is 27.9 Å². The van der Waals surface area contributed by atoms with E-state index in [0.717, 1.165) is 21.6 Å². The van der Waals surface area contributed by atoms with Crippen molar-refractivity contribution in [2.45, 2.75) is 50.4 Å². The first-order valence-electron chi connectivity index (χ1n) is 9.10. The van der Waals surface area contributed by atoms with Crippen LogP contribution in [0.15, 0.2) is 28.6 Å². The summed E-state index contributed by atoms with van der Waals surface area (Å²) in [5.74, 6) is 1.70. The van der Waals surface area contributed by atoms with E-state index in [-0.39, 0.29) is 5.91 Å². The number of anilines is 2. The van der Waals surface area contributed by atoms with Crippen LogP contribution in [-0.2, 0) is 4.79 Å². The third-order valence-electron chi connectivity index (χ3n) is 5.06. The number of nitrogens with one attached hydrogen (secondary N) is 2. The van der Waals surface area contributed by atoms with Gasteiger partial charge in [0.2, 0.25) is 11.0 Å². The average Bonchev–Trinajstić information content (AvgIpc) is 3.05. The van der Waals surface area contributed by atoms with Crippen LogP contribution in [0, 0.1) is 18.8 Å². The molecule has 2 aromatic rings. The highest BCUT2D eigenvalue weighted by molar-refractivity contribution is 8.01. The van der Waals surface area contributed by atoms with Crippen molar-refractivity contribution in [3.8, 4) is 0 Å². The minimum absolute atomic E-state index is 0.0874. The molecule has 3 rings (SSSR count). The molecule has 7 heteroatoms. The molecular formula is C19H26N4OS2. The van der Waals surface area contributed by atoms with Crippen LogP contribution in [0.25, 0.3) is 0 Å². The minimum Gasteiger partial charge on any atom is -0.352 e. The zero-order valence-corrected chi connectivity index (χ0v) is 17.1. The quantitative estimate of drug-likeness (QED) is 0.704. The number of rotatable bonds is 6. The Kier molecular flexibility index (Phi) is 6.53. The summed E-state index contributed by atoms with van der Waals surface area (Å²) in [7, 11) is 0. The lowest BCUT2D eigenvalue weighted by atomic mass is 9.78. The summed E-state index contributed by atoms with van der Waals surface area (Å²) in [5, 5.41) is 15.5. The van der Waals surface area contributed by atoms with E-state index in [4.69, 9.17) is 0 Å². The lowest BCUT2D eigenvalue weighted by molar-refractivity contribution is -0.119. The maximum Gasteiger partial charge on any atom is 0.230 e. The van der Waals surface area contributed by atoms with Gasteiger partial charge in [-0.25, -0.2) is 0 Å². The largest absolute Gasteiger partial charge is 0.352 e. The van der Waals surface area contributed by atoms with E-state index < -0.39 is 0 Å². The molecule has 1 fully saturated rings. The molecule has 1 aliphatic carbocycles. The standard InChI is InChI=1S/C19H26N4OS2/c1-12-6-4-8-15(10-12)20-18-22-23-19(26-18)25-11-17(24)21-16-9-5-7-13(2)14(16)3/h4,6,8,10,13-14,16H,5,7,9,11H2,1-3H3,(H,20,22)(H,21,24)/t13-,14-,16-/m1/s1. The van der Waals surface area contributed by atoms with Crippen LogP contribution in [0.2, 0.25) is 0 Å². The van der Waals surface area contributed by atoms with Crippen molar-refractivity contribution in [3.05, 3.63) is 29.8 Å². The average molecular weight is 391 g/mol. The first-order chi connectivity index (χ1) is 12.5. The number of aromatic nitrogens is 2. The Morgan fingerprint density at radius 3 is 2.96 bits per heavy atom. The number of hydrogen-bond donors (Lipinski definition) is 2. The maximum absolute atomic E-state index is 12.3. The van der Waals surface area contributed by atoms with Crippen LogP contribution in [0.3, 0.4) is 0 Å². The Balaban J connectivity index is 1.47.